The highest BCUT2D eigenvalue weighted by Crippen LogP contribution is 2.25. The molecule has 4 rings (SSSR count). The molecule has 0 saturated carbocycles. The lowest BCUT2D eigenvalue weighted by molar-refractivity contribution is 1.00. The van der Waals surface area contributed by atoms with Gasteiger partial charge in [-0.2, -0.15) is 0 Å². The van der Waals surface area contributed by atoms with Gasteiger partial charge in [-0.25, -0.2) is 0 Å². The standard InChI is InChI=1S/C24H20N3O/c1-16-7-8-17(13-21(16)26-15-25)9-10-18-11-12-20-23(14-18)27(2)22-6-4-3-5-19(22)24(20)28/h3-15H,1-2H3,(H-,25,26)/q-1/b10-9+. The SMILES string of the molecule is Cc1ccc(/C=C/c2ccc3c(=O)c4ccccc4n(C)c3c2)cc1[N-]C=N. The maximum absolute atomic E-state index is 12.8. The molecule has 0 unspecified atom stereocenters. The second kappa shape index (κ2) is 7.16. The van der Waals surface area contributed by atoms with Crippen LogP contribution < -0.4 is 5.43 Å². The van der Waals surface area contributed by atoms with Crippen LogP contribution in [0.4, 0.5) is 5.69 Å². The Hall–Kier alpha value is -3.66. The van der Waals surface area contributed by atoms with Gasteiger partial charge in [-0.1, -0.05) is 48.6 Å². The second-order valence-electron chi connectivity index (χ2n) is 6.82. The third kappa shape index (κ3) is 3.09. The Labute approximate surface area is 163 Å². The molecular weight excluding hydrogens is 346 g/mol. The zero-order chi connectivity index (χ0) is 19.7. The summed E-state index contributed by atoms with van der Waals surface area (Å²) >= 11 is 0. The van der Waals surface area contributed by atoms with Gasteiger partial charge in [0, 0.05) is 17.8 Å². The number of nitrogens with one attached hydrogen (secondary N) is 1. The van der Waals surface area contributed by atoms with Crippen molar-refractivity contribution < 1.29 is 0 Å². The van der Waals surface area contributed by atoms with Crippen LogP contribution in [0.15, 0.2) is 65.5 Å². The van der Waals surface area contributed by atoms with Crippen molar-refractivity contribution in [3.8, 4) is 0 Å². The molecule has 1 aromatic heterocycles. The fourth-order valence-corrected chi connectivity index (χ4v) is 3.49. The van der Waals surface area contributed by atoms with Gasteiger partial charge in [-0.05, 0) is 53.6 Å². The number of nitrogens with zero attached hydrogens (tertiary/aromatic N) is 2. The summed E-state index contributed by atoms with van der Waals surface area (Å²) in [5.74, 6) is 0. The molecule has 4 heteroatoms. The van der Waals surface area contributed by atoms with E-state index < -0.39 is 0 Å². The Morgan fingerprint density at radius 3 is 2.36 bits per heavy atom. The summed E-state index contributed by atoms with van der Waals surface area (Å²) in [4.78, 5) is 12.8. The summed E-state index contributed by atoms with van der Waals surface area (Å²) in [6.45, 7) is 1.98. The molecule has 1 heterocycles. The highest BCUT2D eigenvalue weighted by molar-refractivity contribution is 5.94. The molecule has 0 aliphatic rings. The first-order valence-corrected chi connectivity index (χ1v) is 9.08. The molecule has 0 aliphatic heterocycles. The van der Waals surface area contributed by atoms with Gasteiger partial charge >= 0.3 is 0 Å². The van der Waals surface area contributed by atoms with Crippen LogP contribution >= 0.6 is 0 Å². The molecular formula is C24H20N3O-. The van der Waals surface area contributed by atoms with Crippen LogP contribution in [0.2, 0.25) is 0 Å². The number of aryl methyl sites for hydroxylation is 2. The van der Waals surface area contributed by atoms with E-state index in [1.807, 2.05) is 86.8 Å². The molecule has 0 bridgehead atoms. The van der Waals surface area contributed by atoms with Crippen molar-refractivity contribution in [1.29, 1.82) is 5.41 Å². The van der Waals surface area contributed by atoms with Crippen molar-refractivity contribution in [2.24, 2.45) is 7.05 Å². The monoisotopic (exact) mass is 366 g/mol. The number of pyridine rings is 1. The molecule has 3 aromatic carbocycles. The van der Waals surface area contributed by atoms with E-state index in [1.54, 1.807) is 0 Å². The van der Waals surface area contributed by atoms with E-state index in [-0.39, 0.29) is 5.43 Å². The smallest absolute Gasteiger partial charge is 0.197 e. The average molecular weight is 366 g/mol. The Kier molecular flexibility index (Phi) is 4.53. The van der Waals surface area contributed by atoms with Crippen molar-refractivity contribution in [2.75, 3.05) is 0 Å². The fraction of sp³-hybridized carbons (Fsp3) is 0.0833. The van der Waals surface area contributed by atoms with Gasteiger partial charge in [0.1, 0.15) is 0 Å². The molecule has 0 saturated heterocycles. The predicted molar refractivity (Wildman–Crippen MR) is 119 cm³/mol. The van der Waals surface area contributed by atoms with E-state index in [0.717, 1.165) is 50.5 Å². The molecule has 0 spiro atoms. The van der Waals surface area contributed by atoms with E-state index >= 15 is 0 Å². The Bertz CT molecular complexity index is 1300. The first kappa shape index (κ1) is 17.7. The highest BCUT2D eigenvalue weighted by atomic mass is 16.1. The molecule has 0 amide bonds. The third-order valence-corrected chi connectivity index (χ3v) is 5.04. The van der Waals surface area contributed by atoms with Crippen molar-refractivity contribution in [3.63, 3.8) is 0 Å². The van der Waals surface area contributed by atoms with Crippen molar-refractivity contribution in [3.05, 3.63) is 92.9 Å². The maximum Gasteiger partial charge on any atom is 0.197 e. The number of rotatable bonds is 4. The summed E-state index contributed by atoms with van der Waals surface area (Å²) in [7, 11) is 1.99. The Morgan fingerprint density at radius 2 is 1.57 bits per heavy atom. The van der Waals surface area contributed by atoms with Crippen LogP contribution in [-0.2, 0) is 7.05 Å². The van der Waals surface area contributed by atoms with Gasteiger partial charge < -0.3 is 15.3 Å². The van der Waals surface area contributed by atoms with Crippen LogP contribution in [0.25, 0.3) is 39.3 Å². The van der Waals surface area contributed by atoms with E-state index in [0.29, 0.717) is 0 Å². The first-order chi connectivity index (χ1) is 13.6. The molecule has 0 atom stereocenters. The van der Waals surface area contributed by atoms with Crippen LogP contribution in [0.3, 0.4) is 0 Å². The second-order valence-corrected chi connectivity index (χ2v) is 6.82. The van der Waals surface area contributed by atoms with Crippen LogP contribution in [0.5, 0.6) is 0 Å². The number of benzene rings is 3. The van der Waals surface area contributed by atoms with Gasteiger partial charge in [0.2, 0.25) is 0 Å². The number of aromatic nitrogens is 1. The molecule has 4 aromatic rings. The minimum Gasteiger partial charge on any atom is -0.488 e. The normalized spacial score (nSPS) is 11.4. The van der Waals surface area contributed by atoms with Gasteiger partial charge in [-0.15, -0.1) is 6.34 Å². The van der Waals surface area contributed by atoms with Crippen molar-refractivity contribution >= 4 is 46.0 Å². The van der Waals surface area contributed by atoms with E-state index in [2.05, 4.69) is 9.88 Å². The largest absolute Gasteiger partial charge is 0.488 e. The number of para-hydroxylation sites is 1. The average Bonchev–Trinajstić information content (AvgIpc) is 2.72. The van der Waals surface area contributed by atoms with Crippen LogP contribution in [-0.4, -0.2) is 10.9 Å². The molecule has 0 fully saturated rings. The number of fused-ring (bicyclic) bond motifs is 2. The topological polar surface area (TPSA) is 60.0 Å². The molecule has 138 valence electrons. The summed E-state index contributed by atoms with van der Waals surface area (Å²) in [5, 5.41) is 12.7. The molecule has 28 heavy (non-hydrogen) atoms. The molecule has 4 nitrogen and oxygen atoms in total. The van der Waals surface area contributed by atoms with E-state index in [4.69, 9.17) is 5.41 Å². The van der Waals surface area contributed by atoms with Crippen molar-refractivity contribution in [2.45, 2.75) is 6.92 Å². The Balaban J connectivity index is 1.78. The third-order valence-electron chi connectivity index (χ3n) is 5.04. The lowest BCUT2D eigenvalue weighted by Crippen LogP contribution is -2.08. The summed E-state index contributed by atoms with van der Waals surface area (Å²) in [6.07, 6.45) is 5.10. The fourth-order valence-electron chi connectivity index (χ4n) is 3.49. The Morgan fingerprint density at radius 1 is 0.893 bits per heavy atom. The lowest BCUT2D eigenvalue weighted by Gasteiger charge is -2.11. The molecule has 0 radical (unpaired) electrons. The van der Waals surface area contributed by atoms with Crippen LogP contribution in [0, 0.1) is 12.3 Å². The lowest BCUT2D eigenvalue weighted by atomic mass is 10.1. The van der Waals surface area contributed by atoms with Gasteiger partial charge in [0.05, 0.1) is 11.0 Å². The summed E-state index contributed by atoms with van der Waals surface area (Å²) in [6, 6.07) is 19.6. The summed E-state index contributed by atoms with van der Waals surface area (Å²) < 4.78 is 2.07. The minimum absolute atomic E-state index is 0.0654. The van der Waals surface area contributed by atoms with Crippen LogP contribution in [0.1, 0.15) is 16.7 Å². The zero-order valence-corrected chi connectivity index (χ0v) is 15.8. The quantitative estimate of drug-likeness (QED) is 0.211. The maximum atomic E-state index is 12.8. The van der Waals surface area contributed by atoms with Gasteiger partial charge in [0.25, 0.3) is 0 Å². The van der Waals surface area contributed by atoms with Gasteiger partial charge in [-0.3, -0.25) is 4.79 Å². The highest BCUT2D eigenvalue weighted by Gasteiger charge is 2.08. The van der Waals surface area contributed by atoms with Crippen molar-refractivity contribution in [1.82, 2.24) is 4.57 Å². The van der Waals surface area contributed by atoms with Gasteiger partial charge in [0.15, 0.2) is 5.43 Å². The first-order valence-electron chi connectivity index (χ1n) is 9.08. The molecule has 0 aliphatic carbocycles. The zero-order valence-electron chi connectivity index (χ0n) is 15.8. The molecule has 1 N–H and O–H groups in total. The van der Waals surface area contributed by atoms with E-state index in [9.17, 15) is 4.79 Å². The summed E-state index contributed by atoms with van der Waals surface area (Å²) in [5.41, 5.74) is 5.77. The van der Waals surface area contributed by atoms with E-state index in [1.165, 1.54) is 0 Å². The minimum atomic E-state index is 0.0654. The number of hydrogen-bond donors (Lipinski definition) is 1. The predicted octanol–water partition coefficient (Wildman–Crippen LogP) is 5.78. The number of hydrogen-bond acceptors (Lipinski definition) is 2.